The van der Waals surface area contributed by atoms with Gasteiger partial charge in [0.15, 0.2) is 0 Å². The van der Waals surface area contributed by atoms with Gasteiger partial charge in [0, 0.05) is 18.6 Å². The summed E-state index contributed by atoms with van der Waals surface area (Å²) in [6, 6.07) is 0. The molecule has 0 aromatic carbocycles. The Hall–Kier alpha value is -0.660. The Kier molecular flexibility index (Phi) is 4.74. The molecule has 106 valence electrons. The molecule has 1 saturated heterocycles. The Morgan fingerprint density at radius 3 is 2.17 bits per heavy atom. The second-order valence-corrected chi connectivity index (χ2v) is 7.34. The molecule has 1 amide bonds. The molecule has 1 fully saturated rings. The van der Waals surface area contributed by atoms with Gasteiger partial charge in [-0.05, 0) is 20.8 Å². The van der Waals surface area contributed by atoms with Crippen molar-refractivity contribution < 1.29 is 17.9 Å². The number of hydrogen-bond donors (Lipinski definition) is 0. The van der Waals surface area contributed by atoms with Gasteiger partial charge in [0.05, 0.1) is 26.0 Å². The molecule has 6 nitrogen and oxygen atoms in total. The fourth-order valence-electron chi connectivity index (χ4n) is 1.89. The van der Waals surface area contributed by atoms with E-state index in [1.165, 1.54) is 4.31 Å². The average molecular weight is 278 g/mol. The molecule has 0 aliphatic carbocycles. The number of rotatable bonds is 3. The van der Waals surface area contributed by atoms with E-state index in [0.29, 0.717) is 26.3 Å². The van der Waals surface area contributed by atoms with Crippen molar-refractivity contribution in [3.63, 3.8) is 0 Å². The maximum Gasteiger partial charge on any atom is 0.238 e. The van der Waals surface area contributed by atoms with Crippen LogP contribution in [0.5, 0.6) is 0 Å². The summed E-state index contributed by atoms with van der Waals surface area (Å²) in [7, 11) is -3.40. The maximum absolute atomic E-state index is 12.1. The van der Waals surface area contributed by atoms with Crippen LogP contribution in [-0.2, 0) is 19.6 Å². The van der Waals surface area contributed by atoms with E-state index in [0.717, 1.165) is 6.26 Å². The van der Waals surface area contributed by atoms with Crippen molar-refractivity contribution in [3.05, 3.63) is 0 Å². The molecule has 1 heterocycles. The van der Waals surface area contributed by atoms with Gasteiger partial charge in [-0.15, -0.1) is 0 Å². The van der Waals surface area contributed by atoms with Gasteiger partial charge in [-0.3, -0.25) is 4.79 Å². The Morgan fingerprint density at radius 2 is 1.78 bits per heavy atom. The smallest absolute Gasteiger partial charge is 0.238 e. The lowest BCUT2D eigenvalue weighted by molar-refractivity contribution is -0.136. The SMILES string of the molecule is CC(C)(C)N(CC(=O)N1CCOCC1)S(C)(=O)=O. The van der Waals surface area contributed by atoms with E-state index in [9.17, 15) is 13.2 Å². The number of amides is 1. The number of sulfonamides is 1. The summed E-state index contributed by atoms with van der Waals surface area (Å²) in [4.78, 5) is 13.7. The molecule has 1 aliphatic rings. The topological polar surface area (TPSA) is 66.9 Å². The minimum Gasteiger partial charge on any atom is -0.378 e. The molecule has 0 N–H and O–H groups in total. The van der Waals surface area contributed by atoms with Crippen LogP contribution >= 0.6 is 0 Å². The van der Waals surface area contributed by atoms with Crippen molar-refractivity contribution >= 4 is 15.9 Å². The van der Waals surface area contributed by atoms with Gasteiger partial charge in [-0.25, -0.2) is 8.42 Å². The van der Waals surface area contributed by atoms with Crippen molar-refractivity contribution in [3.8, 4) is 0 Å². The number of nitrogens with zero attached hydrogens (tertiary/aromatic N) is 2. The third-order valence-electron chi connectivity index (χ3n) is 2.79. The second-order valence-electron chi connectivity index (χ2n) is 5.43. The van der Waals surface area contributed by atoms with Gasteiger partial charge in [0.2, 0.25) is 15.9 Å². The maximum atomic E-state index is 12.1. The van der Waals surface area contributed by atoms with Gasteiger partial charge in [-0.2, -0.15) is 4.31 Å². The zero-order chi connectivity index (χ0) is 14.0. The summed E-state index contributed by atoms with van der Waals surface area (Å²) in [5.41, 5.74) is -0.602. The second kappa shape index (κ2) is 5.54. The number of carbonyl (C=O) groups excluding carboxylic acids is 1. The lowest BCUT2D eigenvalue weighted by Gasteiger charge is -2.35. The molecule has 7 heteroatoms. The van der Waals surface area contributed by atoms with Crippen LogP contribution in [-0.4, -0.2) is 68.2 Å². The molecule has 1 aliphatic heterocycles. The van der Waals surface area contributed by atoms with Crippen molar-refractivity contribution in [2.45, 2.75) is 26.3 Å². The van der Waals surface area contributed by atoms with E-state index in [1.54, 1.807) is 25.7 Å². The standard InChI is InChI=1S/C11H22N2O4S/c1-11(2,3)13(18(4,15)16)9-10(14)12-5-7-17-8-6-12/h5-9H2,1-4H3. The van der Waals surface area contributed by atoms with Gasteiger partial charge >= 0.3 is 0 Å². The highest BCUT2D eigenvalue weighted by molar-refractivity contribution is 7.88. The first-order chi connectivity index (χ1) is 8.12. The van der Waals surface area contributed by atoms with E-state index in [1.807, 2.05) is 0 Å². The Balaban J connectivity index is 2.75. The number of ether oxygens (including phenoxy) is 1. The zero-order valence-electron chi connectivity index (χ0n) is 11.5. The first-order valence-electron chi connectivity index (χ1n) is 5.96. The average Bonchev–Trinajstić information content (AvgIpc) is 2.23. The Morgan fingerprint density at radius 1 is 1.28 bits per heavy atom. The van der Waals surface area contributed by atoms with E-state index >= 15 is 0 Å². The Bertz CT molecular complexity index is 394. The highest BCUT2D eigenvalue weighted by Gasteiger charge is 2.33. The molecule has 0 aromatic rings. The predicted octanol–water partition coefficient (Wildman–Crippen LogP) is -0.0947. The summed E-state index contributed by atoms with van der Waals surface area (Å²) in [6.45, 7) is 7.31. The third kappa shape index (κ3) is 4.22. The molecule has 0 aromatic heterocycles. The minimum atomic E-state index is -3.40. The van der Waals surface area contributed by atoms with E-state index in [-0.39, 0.29) is 12.5 Å². The normalized spacial score (nSPS) is 18.2. The first kappa shape index (κ1) is 15.4. The first-order valence-corrected chi connectivity index (χ1v) is 7.80. The minimum absolute atomic E-state index is 0.109. The van der Waals surface area contributed by atoms with E-state index in [4.69, 9.17) is 4.74 Å². The Labute approximate surface area is 109 Å². The van der Waals surface area contributed by atoms with Gasteiger partial charge in [0.25, 0.3) is 0 Å². The van der Waals surface area contributed by atoms with Gasteiger partial charge < -0.3 is 9.64 Å². The van der Waals surface area contributed by atoms with Crippen LogP contribution < -0.4 is 0 Å². The quantitative estimate of drug-likeness (QED) is 0.723. The van der Waals surface area contributed by atoms with Crippen LogP contribution in [0, 0.1) is 0 Å². The van der Waals surface area contributed by atoms with Crippen LogP contribution in [0.15, 0.2) is 0 Å². The lowest BCUT2D eigenvalue weighted by Crippen LogP contribution is -2.52. The highest BCUT2D eigenvalue weighted by Crippen LogP contribution is 2.17. The fourth-order valence-corrected chi connectivity index (χ4v) is 3.23. The van der Waals surface area contributed by atoms with Gasteiger partial charge in [-0.1, -0.05) is 0 Å². The molecular weight excluding hydrogens is 256 g/mol. The summed E-state index contributed by atoms with van der Waals surface area (Å²) in [6.07, 6.45) is 1.13. The molecule has 0 bridgehead atoms. The molecular formula is C11H22N2O4S. The predicted molar refractivity (Wildman–Crippen MR) is 68.7 cm³/mol. The number of morpholine rings is 1. The molecule has 0 saturated carbocycles. The van der Waals surface area contributed by atoms with Crippen molar-refractivity contribution in [2.75, 3.05) is 39.1 Å². The van der Waals surface area contributed by atoms with E-state index in [2.05, 4.69) is 0 Å². The van der Waals surface area contributed by atoms with Crippen LogP contribution in [0.3, 0.4) is 0 Å². The van der Waals surface area contributed by atoms with Crippen molar-refractivity contribution in [2.24, 2.45) is 0 Å². The zero-order valence-corrected chi connectivity index (χ0v) is 12.3. The fraction of sp³-hybridized carbons (Fsp3) is 0.909. The third-order valence-corrected chi connectivity index (χ3v) is 4.27. The molecule has 0 atom stereocenters. The summed E-state index contributed by atoms with van der Waals surface area (Å²) >= 11 is 0. The largest absolute Gasteiger partial charge is 0.378 e. The van der Waals surface area contributed by atoms with Crippen LogP contribution in [0.4, 0.5) is 0 Å². The van der Waals surface area contributed by atoms with E-state index < -0.39 is 15.6 Å². The monoisotopic (exact) mass is 278 g/mol. The molecule has 0 radical (unpaired) electrons. The lowest BCUT2D eigenvalue weighted by atomic mass is 10.1. The highest BCUT2D eigenvalue weighted by atomic mass is 32.2. The molecule has 0 spiro atoms. The number of carbonyl (C=O) groups is 1. The molecule has 18 heavy (non-hydrogen) atoms. The molecule has 1 rings (SSSR count). The van der Waals surface area contributed by atoms with Crippen LogP contribution in [0.1, 0.15) is 20.8 Å². The summed E-state index contributed by atoms with van der Waals surface area (Å²) < 4.78 is 29.9. The molecule has 0 unspecified atom stereocenters. The van der Waals surface area contributed by atoms with Gasteiger partial charge in [0.1, 0.15) is 0 Å². The summed E-state index contributed by atoms with van der Waals surface area (Å²) in [5.74, 6) is -0.168. The van der Waals surface area contributed by atoms with Crippen LogP contribution in [0.25, 0.3) is 0 Å². The number of hydrogen-bond acceptors (Lipinski definition) is 4. The van der Waals surface area contributed by atoms with Crippen molar-refractivity contribution in [1.29, 1.82) is 0 Å². The summed E-state index contributed by atoms with van der Waals surface area (Å²) in [5, 5.41) is 0. The van der Waals surface area contributed by atoms with Crippen LogP contribution in [0.2, 0.25) is 0 Å². The van der Waals surface area contributed by atoms with Crippen molar-refractivity contribution in [1.82, 2.24) is 9.21 Å².